The van der Waals surface area contributed by atoms with Crippen molar-refractivity contribution in [2.45, 2.75) is 43.0 Å². The van der Waals surface area contributed by atoms with Gasteiger partial charge in [0.1, 0.15) is 4.45 Å². The molecule has 0 radical (unpaired) electrons. The lowest BCUT2D eigenvalue weighted by molar-refractivity contribution is 0.257. The van der Waals surface area contributed by atoms with Crippen molar-refractivity contribution in [2.24, 2.45) is 4.99 Å². The molecule has 2 heterocycles. The van der Waals surface area contributed by atoms with Crippen LogP contribution in [0.2, 0.25) is 0 Å². The standard InChI is InChI=1S/C16H21BrN2/c17-16(13-14-7-2-1-3-8-14)10-5-4-9-15-18-11-6-12-19(15)16/h1-3,7-8H,4-6,9-13H2. The molecule has 1 unspecified atom stereocenters. The normalized spacial score (nSPS) is 27.4. The molecule has 19 heavy (non-hydrogen) atoms. The first kappa shape index (κ1) is 13.2. The van der Waals surface area contributed by atoms with E-state index in [0.29, 0.717) is 0 Å². The fourth-order valence-corrected chi connectivity index (χ4v) is 4.19. The highest BCUT2D eigenvalue weighted by molar-refractivity contribution is 9.10. The molecule has 1 aromatic rings. The Balaban J connectivity index is 1.87. The highest BCUT2D eigenvalue weighted by Crippen LogP contribution is 2.38. The number of fused-ring (bicyclic) bond motifs is 1. The summed E-state index contributed by atoms with van der Waals surface area (Å²) >= 11 is 4.07. The Hall–Kier alpha value is -0.830. The molecule has 0 amide bonds. The number of hydrogen-bond acceptors (Lipinski definition) is 2. The molecule has 3 heteroatoms. The van der Waals surface area contributed by atoms with Crippen LogP contribution in [0.4, 0.5) is 0 Å². The Kier molecular flexibility index (Phi) is 3.92. The van der Waals surface area contributed by atoms with Gasteiger partial charge < -0.3 is 4.90 Å². The monoisotopic (exact) mass is 320 g/mol. The Morgan fingerprint density at radius 2 is 2.00 bits per heavy atom. The molecule has 1 fully saturated rings. The van der Waals surface area contributed by atoms with E-state index in [2.05, 4.69) is 51.2 Å². The van der Waals surface area contributed by atoms with E-state index in [0.717, 1.165) is 25.9 Å². The molecule has 0 spiro atoms. The van der Waals surface area contributed by atoms with Gasteiger partial charge in [0, 0.05) is 25.9 Å². The summed E-state index contributed by atoms with van der Waals surface area (Å²) in [6, 6.07) is 10.8. The molecular weight excluding hydrogens is 300 g/mol. The molecule has 2 aliphatic heterocycles. The summed E-state index contributed by atoms with van der Waals surface area (Å²) in [7, 11) is 0. The number of hydrogen-bond donors (Lipinski definition) is 0. The molecule has 0 aromatic heterocycles. The van der Waals surface area contributed by atoms with Gasteiger partial charge in [-0.2, -0.15) is 0 Å². The minimum absolute atomic E-state index is 0.0735. The van der Waals surface area contributed by atoms with E-state index in [1.807, 2.05) is 0 Å². The summed E-state index contributed by atoms with van der Waals surface area (Å²) in [5.74, 6) is 1.33. The summed E-state index contributed by atoms with van der Waals surface area (Å²) in [6.45, 7) is 2.16. The number of nitrogens with zero attached hydrogens (tertiary/aromatic N) is 2. The van der Waals surface area contributed by atoms with Gasteiger partial charge in [-0.3, -0.25) is 4.99 Å². The summed E-state index contributed by atoms with van der Waals surface area (Å²) in [6.07, 6.45) is 7.17. The molecule has 0 aliphatic carbocycles. The first-order chi connectivity index (χ1) is 9.28. The average molecular weight is 321 g/mol. The molecule has 0 N–H and O–H groups in total. The van der Waals surface area contributed by atoms with Crippen LogP contribution in [0.1, 0.15) is 37.7 Å². The minimum atomic E-state index is 0.0735. The number of alkyl halides is 1. The molecule has 1 atom stereocenters. The highest BCUT2D eigenvalue weighted by atomic mass is 79.9. The van der Waals surface area contributed by atoms with Crippen molar-refractivity contribution in [1.29, 1.82) is 0 Å². The van der Waals surface area contributed by atoms with Gasteiger partial charge in [0.15, 0.2) is 0 Å². The van der Waals surface area contributed by atoms with Crippen LogP contribution in [0.25, 0.3) is 0 Å². The van der Waals surface area contributed by atoms with Crippen LogP contribution in [0.3, 0.4) is 0 Å². The maximum Gasteiger partial charge on any atom is 0.100 e. The molecule has 2 nitrogen and oxygen atoms in total. The fraction of sp³-hybridized carbons (Fsp3) is 0.562. The number of aliphatic imine (C=N–C) groups is 1. The van der Waals surface area contributed by atoms with Crippen molar-refractivity contribution in [2.75, 3.05) is 13.1 Å². The SMILES string of the molecule is BrC1(Cc2ccccc2)CCCCC2=NCCCN21. The van der Waals surface area contributed by atoms with E-state index in [1.54, 1.807) is 0 Å². The Morgan fingerprint density at radius 3 is 2.84 bits per heavy atom. The summed E-state index contributed by atoms with van der Waals surface area (Å²) < 4.78 is 0.0735. The van der Waals surface area contributed by atoms with Crippen molar-refractivity contribution in [1.82, 2.24) is 4.90 Å². The van der Waals surface area contributed by atoms with Crippen LogP contribution >= 0.6 is 15.9 Å². The first-order valence-electron chi connectivity index (χ1n) is 7.32. The number of halogens is 1. The van der Waals surface area contributed by atoms with Crippen molar-refractivity contribution in [3.05, 3.63) is 35.9 Å². The summed E-state index contributed by atoms with van der Waals surface area (Å²) in [4.78, 5) is 7.30. The van der Waals surface area contributed by atoms with Gasteiger partial charge >= 0.3 is 0 Å². The lowest BCUT2D eigenvalue weighted by Crippen LogP contribution is -2.50. The summed E-state index contributed by atoms with van der Waals surface area (Å²) in [5.41, 5.74) is 1.41. The maximum absolute atomic E-state index is 4.76. The molecule has 1 saturated heterocycles. The van der Waals surface area contributed by atoms with Gasteiger partial charge in [0.2, 0.25) is 0 Å². The molecule has 3 rings (SSSR count). The van der Waals surface area contributed by atoms with Crippen molar-refractivity contribution in [3.63, 3.8) is 0 Å². The van der Waals surface area contributed by atoms with Gasteiger partial charge in [-0.05, 0) is 31.2 Å². The van der Waals surface area contributed by atoms with Crippen LogP contribution < -0.4 is 0 Å². The van der Waals surface area contributed by atoms with E-state index >= 15 is 0 Å². The van der Waals surface area contributed by atoms with Gasteiger partial charge in [-0.25, -0.2) is 0 Å². The second kappa shape index (κ2) is 5.66. The number of rotatable bonds is 2. The third-order valence-electron chi connectivity index (χ3n) is 4.16. The van der Waals surface area contributed by atoms with Gasteiger partial charge in [-0.15, -0.1) is 0 Å². The van der Waals surface area contributed by atoms with Crippen LogP contribution in [0.15, 0.2) is 35.3 Å². The Labute approximate surface area is 124 Å². The largest absolute Gasteiger partial charge is 0.345 e. The van der Waals surface area contributed by atoms with Crippen molar-refractivity contribution < 1.29 is 0 Å². The third kappa shape index (κ3) is 2.86. The third-order valence-corrected chi connectivity index (χ3v) is 5.26. The van der Waals surface area contributed by atoms with Crippen LogP contribution in [-0.4, -0.2) is 28.3 Å². The smallest absolute Gasteiger partial charge is 0.100 e. The maximum atomic E-state index is 4.76. The second-order valence-corrected chi connectivity index (χ2v) is 7.07. The second-order valence-electron chi connectivity index (χ2n) is 5.59. The molecule has 0 bridgehead atoms. The molecule has 0 saturated carbocycles. The zero-order valence-corrected chi connectivity index (χ0v) is 12.9. The Morgan fingerprint density at radius 1 is 1.16 bits per heavy atom. The fourth-order valence-electron chi connectivity index (χ4n) is 3.20. The quantitative estimate of drug-likeness (QED) is 0.594. The van der Waals surface area contributed by atoms with E-state index in [-0.39, 0.29) is 4.45 Å². The van der Waals surface area contributed by atoms with E-state index < -0.39 is 0 Å². The molecule has 1 aromatic carbocycles. The number of amidine groups is 1. The predicted molar refractivity (Wildman–Crippen MR) is 83.9 cm³/mol. The van der Waals surface area contributed by atoms with Crippen molar-refractivity contribution in [3.8, 4) is 0 Å². The van der Waals surface area contributed by atoms with Gasteiger partial charge in [-0.1, -0.05) is 46.3 Å². The highest BCUT2D eigenvalue weighted by Gasteiger charge is 2.38. The molecular formula is C16H21BrN2. The van der Waals surface area contributed by atoms with E-state index in [9.17, 15) is 0 Å². The van der Waals surface area contributed by atoms with Crippen LogP contribution in [-0.2, 0) is 6.42 Å². The summed E-state index contributed by atoms with van der Waals surface area (Å²) in [5, 5.41) is 0. The average Bonchev–Trinajstić information content (AvgIpc) is 2.60. The molecule has 102 valence electrons. The first-order valence-corrected chi connectivity index (χ1v) is 8.11. The van der Waals surface area contributed by atoms with E-state index in [1.165, 1.54) is 37.1 Å². The lowest BCUT2D eigenvalue weighted by atomic mass is 10.00. The van der Waals surface area contributed by atoms with E-state index in [4.69, 9.17) is 4.99 Å². The van der Waals surface area contributed by atoms with Crippen molar-refractivity contribution >= 4 is 21.8 Å². The zero-order chi connectivity index (χ0) is 13.1. The molecule has 2 aliphatic rings. The zero-order valence-electron chi connectivity index (χ0n) is 11.3. The van der Waals surface area contributed by atoms with Gasteiger partial charge in [0.25, 0.3) is 0 Å². The lowest BCUT2D eigenvalue weighted by Gasteiger charge is -2.42. The predicted octanol–water partition coefficient (Wildman–Crippen LogP) is 4.00. The van der Waals surface area contributed by atoms with Gasteiger partial charge in [0.05, 0.1) is 5.84 Å². The Bertz CT molecular complexity index is 457. The van der Waals surface area contributed by atoms with Crippen LogP contribution in [0.5, 0.6) is 0 Å². The topological polar surface area (TPSA) is 15.6 Å². The number of benzene rings is 1. The van der Waals surface area contributed by atoms with Crippen LogP contribution in [0, 0.1) is 0 Å². The minimum Gasteiger partial charge on any atom is -0.345 e.